The highest BCUT2D eigenvalue weighted by Gasteiger charge is 2.42. The molecule has 1 fully saturated rings. The Morgan fingerprint density at radius 3 is 2.30 bits per heavy atom. The molecule has 2 aromatic carbocycles. The molecule has 3 rings (SSSR count). The molecule has 7 heteroatoms. The number of nitrogens with one attached hydrogen (secondary N) is 1. The van der Waals surface area contributed by atoms with Crippen LogP contribution in [0.15, 0.2) is 48.5 Å². The fourth-order valence-corrected chi connectivity index (χ4v) is 4.76. The number of benzene rings is 2. The van der Waals surface area contributed by atoms with Gasteiger partial charge in [0, 0.05) is 23.9 Å². The summed E-state index contributed by atoms with van der Waals surface area (Å²) in [6, 6.07) is 14.3. The molecule has 30 heavy (non-hydrogen) atoms. The minimum absolute atomic E-state index is 0.127. The monoisotopic (exact) mass is 428 g/mol. The molecule has 1 heterocycles. The quantitative estimate of drug-likeness (QED) is 0.728. The highest BCUT2D eigenvalue weighted by molar-refractivity contribution is 7.99. The van der Waals surface area contributed by atoms with E-state index in [0.717, 1.165) is 5.56 Å². The first-order valence-electron chi connectivity index (χ1n) is 9.94. The van der Waals surface area contributed by atoms with Crippen LogP contribution in [0, 0.1) is 5.92 Å². The van der Waals surface area contributed by atoms with Crippen LogP contribution in [0.5, 0.6) is 11.5 Å². The molecule has 6 nitrogen and oxygen atoms in total. The summed E-state index contributed by atoms with van der Waals surface area (Å²) in [6.45, 7) is 4.66. The third-order valence-electron chi connectivity index (χ3n) is 4.91. The molecule has 0 saturated carbocycles. The van der Waals surface area contributed by atoms with Gasteiger partial charge in [0.05, 0.1) is 14.2 Å². The van der Waals surface area contributed by atoms with Crippen LogP contribution in [0.4, 0.5) is 0 Å². The number of carbonyl (C=O) groups is 2. The number of nitrogens with zero attached hydrogens (tertiary/aromatic N) is 1. The second-order valence-electron chi connectivity index (χ2n) is 7.56. The van der Waals surface area contributed by atoms with Crippen molar-refractivity contribution in [2.24, 2.45) is 5.92 Å². The van der Waals surface area contributed by atoms with E-state index in [1.807, 2.05) is 44.2 Å². The molecule has 1 saturated heterocycles. The highest BCUT2D eigenvalue weighted by atomic mass is 32.2. The zero-order valence-corrected chi connectivity index (χ0v) is 18.6. The topological polar surface area (TPSA) is 67.9 Å². The van der Waals surface area contributed by atoms with E-state index < -0.39 is 6.04 Å². The molecule has 2 unspecified atom stereocenters. The lowest BCUT2D eigenvalue weighted by molar-refractivity contribution is -0.125. The van der Waals surface area contributed by atoms with Crippen molar-refractivity contribution in [1.29, 1.82) is 0 Å². The van der Waals surface area contributed by atoms with Gasteiger partial charge in [-0.1, -0.05) is 44.2 Å². The molecular formula is C23H28N2O4S. The Hall–Kier alpha value is -2.67. The van der Waals surface area contributed by atoms with Gasteiger partial charge in [-0.05, 0) is 23.6 Å². The zero-order valence-electron chi connectivity index (χ0n) is 17.8. The number of amides is 2. The van der Waals surface area contributed by atoms with Gasteiger partial charge in [0.2, 0.25) is 5.91 Å². The number of ether oxygens (including phenoxy) is 2. The first-order chi connectivity index (χ1) is 14.4. The summed E-state index contributed by atoms with van der Waals surface area (Å²) in [5, 5.41) is 2.74. The SMILES string of the molecule is COc1cc(OC)cc(C(=O)N2C(C(=O)NCC(C)C)CSC2c2ccccc2)c1. The fourth-order valence-electron chi connectivity index (χ4n) is 3.33. The lowest BCUT2D eigenvalue weighted by atomic mass is 10.1. The van der Waals surface area contributed by atoms with Gasteiger partial charge in [0.1, 0.15) is 22.9 Å². The van der Waals surface area contributed by atoms with Crippen molar-refractivity contribution in [3.63, 3.8) is 0 Å². The Morgan fingerprint density at radius 1 is 1.10 bits per heavy atom. The Balaban J connectivity index is 1.97. The van der Waals surface area contributed by atoms with Crippen molar-refractivity contribution in [1.82, 2.24) is 10.2 Å². The van der Waals surface area contributed by atoms with Gasteiger partial charge in [0.25, 0.3) is 5.91 Å². The summed E-state index contributed by atoms with van der Waals surface area (Å²) in [5.74, 6) is 1.58. The van der Waals surface area contributed by atoms with Crippen LogP contribution in [-0.4, -0.2) is 49.3 Å². The van der Waals surface area contributed by atoms with Crippen molar-refractivity contribution in [3.8, 4) is 11.5 Å². The Kier molecular flexibility index (Phi) is 7.26. The molecule has 2 amide bonds. The van der Waals surface area contributed by atoms with Gasteiger partial charge in [-0.2, -0.15) is 0 Å². The van der Waals surface area contributed by atoms with Crippen LogP contribution in [0.1, 0.15) is 35.1 Å². The summed E-state index contributed by atoms with van der Waals surface area (Å²) in [6.07, 6.45) is 0. The van der Waals surface area contributed by atoms with Gasteiger partial charge < -0.3 is 19.7 Å². The predicted octanol–water partition coefficient (Wildman–Crippen LogP) is 3.73. The number of methoxy groups -OCH3 is 2. The van der Waals surface area contributed by atoms with Crippen molar-refractivity contribution in [2.45, 2.75) is 25.3 Å². The van der Waals surface area contributed by atoms with Gasteiger partial charge in [-0.25, -0.2) is 0 Å². The molecule has 0 bridgehead atoms. The third-order valence-corrected chi connectivity index (χ3v) is 6.23. The number of rotatable bonds is 7. The Labute approximate surface area is 181 Å². The maximum atomic E-state index is 13.6. The molecule has 160 valence electrons. The number of hydrogen-bond acceptors (Lipinski definition) is 5. The Bertz CT molecular complexity index is 866. The average Bonchev–Trinajstić information content (AvgIpc) is 3.22. The number of hydrogen-bond donors (Lipinski definition) is 1. The van der Waals surface area contributed by atoms with E-state index in [1.54, 1.807) is 49.1 Å². The smallest absolute Gasteiger partial charge is 0.256 e. The van der Waals surface area contributed by atoms with E-state index in [4.69, 9.17) is 9.47 Å². The summed E-state index contributed by atoms with van der Waals surface area (Å²) < 4.78 is 10.7. The lowest BCUT2D eigenvalue weighted by Crippen LogP contribution is -2.48. The van der Waals surface area contributed by atoms with Crippen LogP contribution in [0.3, 0.4) is 0 Å². The van der Waals surface area contributed by atoms with E-state index in [9.17, 15) is 9.59 Å². The predicted molar refractivity (Wildman–Crippen MR) is 119 cm³/mol. The third kappa shape index (κ3) is 4.90. The van der Waals surface area contributed by atoms with Crippen LogP contribution in [0.2, 0.25) is 0 Å². The van der Waals surface area contributed by atoms with Crippen molar-refractivity contribution < 1.29 is 19.1 Å². The normalized spacial score (nSPS) is 18.4. The van der Waals surface area contributed by atoms with E-state index in [1.165, 1.54) is 0 Å². The highest BCUT2D eigenvalue weighted by Crippen LogP contribution is 2.42. The van der Waals surface area contributed by atoms with E-state index >= 15 is 0 Å². The molecule has 0 spiro atoms. The molecule has 0 radical (unpaired) electrons. The summed E-state index contributed by atoms with van der Waals surface area (Å²) in [5.41, 5.74) is 1.42. The maximum absolute atomic E-state index is 13.6. The van der Waals surface area contributed by atoms with Gasteiger partial charge in [-0.3, -0.25) is 9.59 Å². The van der Waals surface area contributed by atoms with Gasteiger partial charge in [-0.15, -0.1) is 11.8 Å². The van der Waals surface area contributed by atoms with Crippen molar-refractivity contribution in [2.75, 3.05) is 26.5 Å². The number of carbonyl (C=O) groups excluding carboxylic acids is 2. The molecular weight excluding hydrogens is 400 g/mol. The van der Waals surface area contributed by atoms with Crippen LogP contribution < -0.4 is 14.8 Å². The van der Waals surface area contributed by atoms with E-state index in [-0.39, 0.29) is 17.2 Å². The second kappa shape index (κ2) is 9.89. The minimum Gasteiger partial charge on any atom is -0.497 e. The molecule has 2 aromatic rings. The largest absolute Gasteiger partial charge is 0.497 e. The summed E-state index contributed by atoms with van der Waals surface area (Å²) in [4.78, 5) is 28.3. The van der Waals surface area contributed by atoms with Crippen molar-refractivity contribution in [3.05, 3.63) is 59.7 Å². The lowest BCUT2D eigenvalue weighted by Gasteiger charge is -2.29. The molecule has 2 atom stereocenters. The average molecular weight is 429 g/mol. The molecule has 0 aromatic heterocycles. The standard InChI is InChI=1S/C23H28N2O4S/c1-15(2)13-24-21(26)20-14-30-23(16-8-6-5-7-9-16)25(20)22(27)17-10-18(28-3)12-19(11-17)29-4/h5-12,15,20,23H,13-14H2,1-4H3,(H,24,26). The van der Waals surface area contributed by atoms with E-state index in [0.29, 0.717) is 35.3 Å². The fraction of sp³-hybridized carbons (Fsp3) is 0.391. The number of thioether (sulfide) groups is 1. The zero-order chi connectivity index (χ0) is 21.7. The summed E-state index contributed by atoms with van der Waals surface area (Å²) in [7, 11) is 3.09. The Morgan fingerprint density at radius 2 is 1.73 bits per heavy atom. The second-order valence-corrected chi connectivity index (χ2v) is 8.68. The van der Waals surface area contributed by atoms with Gasteiger partial charge >= 0.3 is 0 Å². The maximum Gasteiger partial charge on any atom is 0.256 e. The molecule has 1 aliphatic heterocycles. The van der Waals surface area contributed by atoms with Crippen LogP contribution >= 0.6 is 11.8 Å². The van der Waals surface area contributed by atoms with Crippen molar-refractivity contribution >= 4 is 23.6 Å². The molecule has 1 N–H and O–H groups in total. The van der Waals surface area contributed by atoms with Crippen LogP contribution in [-0.2, 0) is 4.79 Å². The first kappa shape index (κ1) is 22.0. The first-order valence-corrected chi connectivity index (χ1v) is 11.0. The molecule has 1 aliphatic rings. The van der Waals surface area contributed by atoms with Gasteiger partial charge in [0.15, 0.2) is 0 Å². The summed E-state index contributed by atoms with van der Waals surface area (Å²) >= 11 is 1.60. The van der Waals surface area contributed by atoms with E-state index in [2.05, 4.69) is 5.32 Å². The minimum atomic E-state index is -0.552. The molecule has 0 aliphatic carbocycles. The van der Waals surface area contributed by atoms with Crippen LogP contribution in [0.25, 0.3) is 0 Å².